The maximum atomic E-state index is 12.5. The number of hydrogen-bond acceptors (Lipinski definition) is 3. The van der Waals surface area contributed by atoms with Crippen molar-refractivity contribution in [2.45, 2.75) is 6.54 Å². The zero-order valence-electron chi connectivity index (χ0n) is 13.0. The molecule has 25 heavy (non-hydrogen) atoms. The Bertz CT molecular complexity index is 967. The monoisotopic (exact) mass is 352 g/mol. The summed E-state index contributed by atoms with van der Waals surface area (Å²) in [4.78, 5) is 26.2. The van der Waals surface area contributed by atoms with Gasteiger partial charge >= 0.3 is 0 Å². The molecule has 4 rings (SSSR count). The van der Waals surface area contributed by atoms with E-state index in [9.17, 15) is 9.59 Å². The van der Waals surface area contributed by atoms with Crippen LogP contribution in [-0.2, 0) is 6.54 Å². The number of benzene rings is 2. The number of amides is 2. The van der Waals surface area contributed by atoms with Gasteiger partial charge < -0.3 is 14.6 Å². The van der Waals surface area contributed by atoms with Crippen molar-refractivity contribution in [2.24, 2.45) is 0 Å². The van der Waals surface area contributed by atoms with Gasteiger partial charge in [0.25, 0.3) is 11.8 Å². The molecule has 5 nitrogen and oxygen atoms in total. The third-order valence-electron chi connectivity index (χ3n) is 4.08. The Labute approximate surface area is 148 Å². The van der Waals surface area contributed by atoms with Crippen LogP contribution >= 0.6 is 11.6 Å². The summed E-state index contributed by atoms with van der Waals surface area (Å²) in [7, 11) is 0. The van der Waals surface area contributed by atoms with E-state index in [2.05, 4.69) is 5.32 Å². The number of carbonyl (C=O) groups excluding carboxylic acids is 2. The summed E-state index contributed by atoms with van der Waals surface area (Å²) in [6.07, 6.45) is 1.43. The van der Waals surface area contributed by atoms with E-state index in [0.717, 1.165) is 5.56 Å². The van der Waals surface area contributed by atoms with Gasteiger partial charge in [-0.2, -0.15) is 0 Å². The Hall–Kier alpha value is -3.05. The van der Waals surface area contributed by atoms with Crippen molar-refractivity contribution in [3.8, 4) is 0 Å². The van der Waals surface area contributed by atoms with E-state index in [4.69, 9.17) is 16.0 Å². The van der Waals surface area contributed by atoms with Gasteiger partial charge in [0.15, 0.2) is 5.76 Å². The molecule has 1 aliphatic rings. The number of furan rings is 1. The van der Waals surface area contributed by atoms with Crippen molar-refractivity contribution in [2.75, 3.05) is 10.2 Å². The molecule has 0 saturated heterocycles. The molecule has 6 heteroatoms. The van der Waals surface area contributed by atoms with E-state index in [0.29, 0.717) is 28.5 Å². The number of halogens is 1. The van der Waals surface area contributed by atoms with E-state index < -0.39 is 0 Å². The summed E-state index contributed by atoms with van der Waals surface area (Å²) in [5, 5.41) is 3.04. The minimum Gasteiger partial charge on any atom is -0.459 e. The van der Waals surface area contributed by atoms with Crippen LogP contribution in [0.4, 0.5) is 11.4 Å². The van der Waals surface area contributed by atoms with Crippen LogP contribution in [-0.4, -0.2) is 11.8 Å². The molecule has 0 unspecified atom stereocenters. The zero-order valence-corrected chi connectivity index (χ0v) is 13.8. The summed E-state index contributed by atoms with van der Waals surface area (Å²) in [6, 6.07) is 15.8. The normalized spacial score (nSPS) is 13.0. The van der Waals surface area contributed by atoms with E-state index in [-0.39, 0.29) is 17.6 Å². The largest absolute Gasteiger partial charge is 0.459 e. The predicted octanol–water partition coefficient (Wildman–Crippen LogP) is 4.35. The molecule has 0 spiro atoms. The fourth-order valence-corrected chi connectivity index (χ4v) is 3.05. The van der Waals surface area contributed by atoms with Crippen molar-refractivity contribution in [1.82, 2.24) is 0 Å². The first-order chi connectivity index (χ1) is 12.1. The number of hydrogen-bond donors (Lipinski definition) is 1. The minimum absolute atomic E-state index is 0.0564. The second kappa shape index (κ2) is 6.11. The highest BCUT2D eigenvalue weighted by Gasteiger charge is 2.28. The molecule has 0 aliphatic carbocycles. The first kappa shape index (κ1) is 15.5. The van der Waals surface area contributed by atoms with Crippen LogP contribution < -0.4 is 10.2 Å². The highest BCUT2D eigenvalue weighted by atomic mass is 35.5. The molecular formula is C19H13ClN2O3. The fraction of sp³-hybridized carbons (Fsp3) is 0.0526. The zero-order chi connectivity index (χ0) is 17.4. The van der Waals surface area contributed by atoms with Crippen LogP contribution in [0.5, 0.6) is 0 Å². The highest BCUT2D eigenvalue weighted by Crippen LogP contribution is 2.33. The van der Waals surface area contributed by atoms with Gasteiger partial charge in [0, 0.05) is 11.3 Å². The maximum absolute atomic E-state index is 12.5. The summed E-state index contributed by atoms with van der Waals surface area (Å²) in [5.41, 5.74) is 2.82. The number of rotatable bonds is 3. The Balaban J connectivity index is 1.57. The standard InChI is InChI=1S/C19H13ClN2O3/c20-15-10-13(22-11-12-4-1-2-5-14(12)19(22)24)7-8-16(15)21-18(23)17-6-3-9-25-17/h1-10H,11H2,(H,21,23). The van der Waals surface area contributed by atoms with Gasteiger partial charge in [-0.1, -0.05) is 29.8 Å². The molecule has 1 aromatic heterocycles. The van der Waals surface area contributed by atoms with E-state index >= 15 is 0 Å². The quantitative estimate of drug-likeness (QED) is 0.762. The molecule has 0 atom stereocenters. The Morgan fingerprint density at radius 2 is 1.96 bits per heavy atom. The average molecular weight is 353 g/mol. The van der Waals surface area contributed by atoms with Crippen LogP contribution in [0.3, 0.4) is 0 Å². The van der Waals surface area contributed by atoms with Gasteiger partial charge in [0.1, 0.15) is 0 Å². The lowest BCUT2D eigenvalue weighted by Crippen LogP contribution is -2.23. The molecule has 1 N–H and O–H groups in total. The molecule has 0 saturated carbocycles. The third-order valence-corrected chi connectivity index (χ3v) is 4.39. The van der Waals surface area contributed by atoms with Crippen LogP contribution in [0.1, 0.15) is 26.5 Å². The van der Waals surface area contributed by atoms with Crippen LogP contribution in [0.15, 0.2) is 65.3 Å². The Morgan fingerprint density at radius 1 is 1.12 bits per heavy atom. The van der Waals surface area contributed by atoms with Gasteiger partial charge in [-0.05, 0) is 42.0 Å². The molecule has 0 bridgehead atoms. The Morgan fingerprint density at radius 3 is 2.68 bits per heavy atom. The Kier molecular flexibility index (Phi) is 3.78. The van der Waals surface area contributed by atoms with Crippen molar-refractivity contribution < 1.29 is 14.0 Å². The number of fused-ring (bicyclic) bond motifs is 1. The molecule has 0 radical (unpaired) electrons. The highest BCUT2D eigenvalue weighted by molar-refractivity contribution is 6.34. The van der Waals surface area contributed by atoms with Crippen LogP contribution in [0.2, 0.25) is 5.02 Å². The summed E-state index contributed by atoms with van der Waals surface area (Å²) in [5.74, 6) is -0.242. The van der Waals surface area contributed by atoms with Gasteiger partial charge in [-0.15, -0.1) is 0 Å². The van der Waals surface area contributed by atoms with Crippen LogP contribution in [0.25, 0.3) is 0 Å². The molecule has 1 aliphatic heterocycles. The first-order valence-electron chi connectivity index (χ1n) is 7.67. The predicted molar refractivity (Wildman–Crippen MR) is 95.1 cm³/mol. The molecule has 2 heterocycles. The lowest BCUT2D eigenvalue weighted by Gasteiger charge is -2.17. The molecular weight excluding hydrogens is 340 g/mol. The number of nitrogens with zero attached hydrogens (tertiary/aromatic N) is 1. The van der Waals surface area contributed by atoms with Crippen molar-refractivity contribution in [3.05, 3.63) is 82.8 Å². The first-order valence-corrected chi connectivity index (χ1v) is 8.05. The summed E-state index contributed by atoms with van der Waals surface area (Å²) >= 11 is 6.29. The lowest BCUT2D eigenvalue weighted by atomic mass is 10.1. The molecule has 124 valence electrons. The summed E-state index contributed by atoms with van der Waals surface area (Å²) < 4.78 is 5.05. The van der Waals surface area contributed by atoms with E-state index in [1.165, 1.54) is 6.26 Å². The van der Waals surface area contributed by atoms with Gasteiger partial charge in [-0.25, -0.2) is 0 Å². The van der Waals surface area contributed by atoms with Gasteiger partial charge in [0.05, 0.1) is 23.5 Å². The molecule has 2 amide bonds. The second-order valence-electron chi connectivity index (χ2n) is 5.64. The third kappa shape index (κ3) is 2.79. The SMILES string of the molecule is O=C(Nc1ccc(N2Cc3ccccc3C2=O)cc1Cl)c1ccco1. The van der Waals surface area contributed by atoms with Gasteiger partial charge in [0.2, 0.25) is 0 Å². The van der Waals surface area contributed by atoms with Crippen molar-refractivity contribution in [1.29, 1.82) is 0 Å². The molecule has 3 aromatic rings. The van der Waals surface area contributed by atoms with E-state index in [1.54, 1.807) is 35.2 Å². The maximum Gasteiger partial charge on any atom is 0.291 e. The average Bonchev–Trinajstić information content (AvgIpc) is 3.26. The van der Waals surface area contributed by atoms with E-state index in [1.807, 2.05) is 24.3 Å². The van der Waals surface area contributed by atoms with Crippen molar-refractivity contribution >= 4 is 34.8 Å². The lowest BCUT2D eigenvalue weighted by molar-refractivity contribution is 0.0988. The van der Waals surface area contributed by atoms with Crippen LogP contribution in [0, 0.1) is 0 Å². The topological polar surface area (TPSA) is 62.6 Å². The summed E-state index contributed by atoms with van der Waals surface area (Å²) in [6.45, 7) is 0.503. The molecule has 2 aromatic carbocycles. The smallest absolute Gasteiger partial charge is 0.291 e. The van der Waals surface area contributed by atoms with Crippen molar-refractivity contribution in [3.63, 3.8) is 0 Å². The molecule has 0 fully saturated rings. The van der Waals surface area contributed by atoms with Gasteiger partial charge in [-0.3, -0.25) is 9.59 Å². The second-order valence-corrected chi connectivity index (χ2v) is 6.05. The number of nitrogens with one attached hydrogen (secondary N) is 1. The minimum atomic E-state index is -0.385. The fourth-order valence-electron chi connectivity index (χ4n) is 2.83. The number of anilines is 2. The number of carbonyl (C=O) groups is 2.